The molecular formula is C15H18O6. The predicted octanol–water partition coefficient (Wildman–Crippen LogP) is -0.0372. The van der Waals surface area contributed by atoms with Gasteiger partial charge in [-0.15, -0.1) is 0 Å². The highest BCUT2D eigenvalue weighted by molar-refractivity contribution is 5.84. The minimum Gasteiger partial charge on any atom is -0.454 e. The molecule has 0 aromatic heterocycles. The number of aliphatic hydroxyl groups is 2. The lowest BCUT2D eigenvalue weighted by Gasteiger charge is -2.41. The summed E-state index contributed by atoms with van der Waals surface area (Å²) in [5, 5.41) is 21.0. The number of esters is 1. The van der Waals surface area contributed by atoms with Crippen LogP contribution in [0.3, 0.4) is 0 Å². The van der Waals surface area contributed by atoms with Gasteiger partial charge in [-0.1, -0.05) is 30.3 Å². The molecule has 0 unspecified atom stereocenters. The van der Waals surface area contributed by atoms with Gasteiger partial charge >= 0.3 is 5.97 Å². The number of ether oxygens (including phenoxy) is 3. The summed E-state index contributed by atoms with van der Waals surface area (Å²) in [4.78, 5) is 12.2. The summed E-state index contributed by atoms with van der Waals surface area (Å²) in [6.45, 7) is 1.67. The van der Waals surface area contributed by atoms with Crippen molar-refractivity contribution in [2.75, 3.05) is 7.11 Å². The first-order valence-electron chi connectivity index (χ1n) is 6.85. The van der Waals surface area contributed by atoms with Crippen LogP contribution in [0.25, 0.3) is 0 Å². The molecule has 2 fully saturated rings. The third-order valence-electron chi connectivity index (χ3n) is 4.25. The molecule has 6 heteroatoms. The second-order valence-corrected chi connectivity index (χ2v) is 5.46. The summed E-state index contributed by atoms with van der Waals surface area (Å²) in [5.41, 5.74) is -1.49. The maximum Gasteiger partial charge on any atom is 0.346 e. The number of methoxy groups -OCH3 is 1. The Morgan fingerprint density at radius 2 is 1.95 bits per heavy atom. The maximum atomic E-state index is 12.2. The van der Waals surface area contributed by atoms with Crippen LogP contribution in [0.4, 0.5) is 0 Å². The van der Waals surface area contributed by atoms with E-state index in [1.807, 2.05) is 0 Å². The van der Waals surface area contributed by atoms with Gasteiger partial charge in [0.1, 0.15) is 18.3 Å². The van der Waals surface area contributed by atoms with Crippen LogP contribution >= 0.6 is 0 Å². The minimum atomic E-state index is -1.89. The molecule has 1 aromatic rings. The topological polar surface area (TPSA) is 85.2 Å². The number of hydrogen-bond donors (Lipinski definition) is 2. The molecule has 2 heterocycles. The number of carbonyl (C=O) groups is 1. The Morgan fingerprint density at radius 1 is 1.29 bits per heavy atom. The van der Waals surface area contributed by atoms with Gasteiger partial charge in [0.05, 0.1) is 6.10 Å². The fourth-order valence-corrected chi connectivity index (χ4v) is 3.07. The monoisotopic (exact) mass is 294 g/mol. The average Bonchev–Trinajstić information content (AvgIpc) is 2.74. The standard InChI is InChI=1S/C15H18O6/c1-8-10(16)11(19-2)12-13(20-8)15(18,14(17)21-12)9-6-4-3-5-7-9/h3-8,10-13,16,18H,1-2H3/t8-,10-,11-,12+,13+,15-/m1/s1. The highest BCUT2D eigenvalue weighted by atomic mass is 16.6. The average molecular weight is 294 g/mol. The number of hydrogen-bond acceptors (Lipinski definition) is 6. The third kappa shape index (κ3) is 1.98. The Morgan fingerprint density at radius 3 is 2.57 bits per heavy atom. The molecule has 1 aromatic carbocycles. The fraction of sp³-hybridized carbons (Fsp3) is 0.533. The number of rotatable bonds is 2. The van der Waals surface area contributed by atoms with Crippen molar-refractivity contribution >= 4 is 5.97 Å². The lowest BCUT2D eigenvalue weighted by atomic mass is 9.83. The van der Waals surface area contributed by atoms with E-state index < -0.39 is 42.1 Å². The quantitative estimate of drug-likeness (QED) is 0.745. The predicted molar refractivity (Wildman–Crippen MR) is 71.4 cm³/mol. The molecule has 6 nitrogen and oxygen atoms in total. The first-order chi connectivity index (χ1) is 10.00. The van der Waals surface area contributed by atoms with Gasteiger partial charge < -0.3 is 24.4 Å². The van der Waals surface area contributed by atoms with E-state index in [4.69, 9.17) is 14.2 Å². The van der Waals surface area contributed by atoms with Crippen LogP contribution in [-0.4, -0.2) is 53.8 Å². The van der Waals surface area contributed by atoms with Gasteiger partial charge in [-0.2, -0.15) is 0 Å². The van der Waals surface area contributed by atoms with Crippen molar-refractivity contribution in [3.63, 3.8) is 0 Å². The van der Waals surface area contributed by atoms with E-state index in [1.54, 1.807) is 37.3 Å². The Bertz CT molecular complexity index is 532. The van der Waals surface area contributed by atoms with Crippen LogP contribution in [-0.2, 0) is 24.6 Å². The fourth-order valence-electron chi connectivity index (χ4n) is 3.07. The molecule has 3 rings (SSSR count). The van der Waals surface area contributed by atoms with Crippen molar-refractivity contribution in [3.8, 4) is 0 Å². The molecule has 0 spiro atoms. The molecule has 2 aliphatic rings. The molecule has 114 valence electrons. The van der Waals surface area contributed by atoms with Gasteiger partial charge in [0.15, 0.2) is 6.10 Å². The van der Waals surface area contributed by atoms with E-state index in [-0.39, 0.29) is 0 Å². The SMILES string of the molecule is CO[C@@H]1[C@H](O)[C@@H](C)O[C@H]2[C@H]1OC(=O)[C@@]2(O)c1ccccc1. The lowest BCUT2D eigenvalue weighted by molar-refractivity contribution is -0.229. The molecule has 0 radical (unpaired) electrons. The molecule has 2 N–H and O–H groups in total. The Kier molecular flexibility index (Phi) is 3.49. The van der Waals surface area contributed by atoms with Crippen molar-refractivity contribution in [1.82, 2.24) is 0 Å². The van der Waals surface area contributed by atoms with Gasteiger partial charge in [0, 0.05) is 7.11 Å². The van der Waals surface area contributed by atoms with Crippen LogP contribution in [0, 0.1) is 0 Å². The van der Waals surface area contributed by atoms with E-state index >= 15 is 0 Å². The van der Waals surface area contributed by atoms with Crippen molar-refractivity contribution in [2.45, 2.75) is 43.0 Å². The zero-order valence-corrected chi connectivity index (χ0v) is 11.8. The summed E-state index contributed by atoms with van der Waals surface area (Å²) in [6.07, 6.45) is -4.02. The third-order valence-corrected chi connectivity index (χ3v) is 4.25. The Labute approximate surface area is 122 Å². The van der Waals surface area contributed by atoms with E-state index in [0.29, 0.717) is 5.56 Å². The molecule has 0 amide bonds. The molecular weight excluding hydrogens is 276 g/mol. The number of aliphatic hydroxyl groups excluding tert-OH is 1. The smallest absolute Gasteiger partial charge is 0.346 e. The molecule has 0 aliphatic carbocycles. The highest BCUT2D eigenvalue weighted by Crippen LogP contribution is 2.43. The summed E-state index contributed by atoms with van der Waals surface area (Å²) in [6, 6.07) is 8.53. The maximum absolute atomic E-state index is 12.2. The van der Waals surface area contributed by atoms with Gasteiger partial charge in [-0.3, -0.25) is 0 Å². The van der Waals surface area contributed by atoms with Gasteiger partial charge in [0.2, 0.25) is 5.60 Å². The molecule has 0 saturated carbocycles. The van der Waals surface area contributed by atoms with Crippen molar-refractivity contribution in [2.24, 2.45) is 0 Å². The van der Waals surface area contributed by atoms with Crippen LogP contribution < -0.4 is 0 Å². The zero-order valence-electron chi connectivity index (χ0n) is 11.8. The number of benzene rings is 1. The van der Waals surface area contributed by atoms with Gasteiger partial charge in [-0.25, -0.2) is 4.79 Å². The van der Waals surface area contributed by atoms with E-state index in [2.05, 4.69) is 0 Å². The van der Waals surface area contributed by atoms with Gasteiger partial charge in [-0.05, 0) is 12.5 Å². The molecule has 2 saturated heterocycles. The first kappa shape index (κ1) is 14.5. The summed E-state index contributed by atoms with van der Waals surface area (Å²) >= 11 is 0. The summed E-state index contributed by atoms with van der Waals surface area (Å²) < 4.78 is 16.2. The van der Waals surface area contributed by atoms with Crippen LogP contribution in [0.5, 0.6) is 0 Å². The molecule has 0 bridgehead atoms. The second-order valence-electron chi connectivity index (χ2n) is 5.46. The van der Waals surface area contributed by atoms with E-state index in [1.165, 1.54) is 7.11 Å². The van der Waals surface area contributed by atoms with Crippen molar-refractivity contribution in [1.29, 1.82) is 0 Å². The van der Waals surface area contributed by atoms with Crippen LogP contribution in [0.2, 0.25) is 0 Å². The van der Waals surface area contributed by atoms with Crippen molar-refractivity contribution < 1.29 is 29.2 Å². The first-order valence-corrected chi connectivity index (χ1v) is 6.85. The Balaban J connectivity index is 2.03. The second kappa shape index (κ2) is 5.06. The molecule has 21 heavy (non-hydrogen) atoms. The van der Waals surface area contributed by atoms with E-state index in [0.717, 1.165) is 0 Å². The highest BCUT2D eigenvalue weighted by Gasteiger charge is 2.64. The summed E-state index contributed by atoms with van der Waals surface area (Å²) in [5.74, 6) is -0.785. The number of carbonyl (C=O) groups excluding carboxylic acids is 1. The minimum absolute atomic E-state index is 0.404. The zero-order chi connectivity index (χ0) is 15.2. The van der Waals surface area contributed by atoms with Gasteiger partial charge in [0.25, 0.3) is 0 Å². The molecule has 6 atom stereocenters. The van der Waals surface area contributed by atoms with Crippen LogP contribution in [0.15, 0.2) is 30.3 Å². The normalized spacial score (nSPS) is 42.5. The Hall–Kier alpha value is -1.47. The van der Waals surface area contributed by atoms with Crippen LogP contribution in [0.1, 0.15) is 12.5 Å². The lowest BCUT2D eigenvalue weighted by Crippen LogP contribution is -2.60. The largest absolute Gasteiger partial charge is 0.454 e. The van der Waals surface area contributed by atoms with E-state index in [9.17, 15) is 15.0 Å². The summed E-state index contributed by atoms with van der Waals surface area (Å²) in [7, 11) is 1.43. The number of fused-ring (bicyclic) bond motifs is 1. The molecule has 2 aliphatic heterocycles. The van der Waals surface area contributed by atoms with Crippen molar-refractivity contribution in [3.05, 3.63) is 35.9 Å².